The Morgan fingerprint density at radius 3 is 2.27 bits per heavy atom. The molecular formula is C20H24O2. The predicted octanol–water partition coefficient (Wildman–Crippen LogP) is 5.39. The number of rotatable bonds is 6. The topological polar surface area (TPSA) is 18.5 Å². The van der Waals surface area contributed by atoms with Gasteiger partial charge in [-0.2, -0.15) is 0 Å². The summed E-state index contributed by atoms with van der Waals surface area (Å²) in [6.45, 7) is 4.47. The molecule has 2 heteroatoms. The minimum absolute atomic E-state index is 0.608. The molecule has 0 aliphatic rings. The maximum absolute atomic E-state index is 5.39. The lowest BCUT2D eigenvalue weighted by Crippen LogP contribution is -1.90. The molecule has 2 rings (SSSR count). The fourth-order valence-corrected chi connectivity index (χ4v) is 2.33. The smallest absolute Gasteiger partial charge is 0.126 e. The van der Waals surface area contributed by atoms with Crippen LogP contribution in [0.15, 0.2) is 42.5 Å². The Bertz CT molecular complexity index is 627. The lowest BCUT2D eigenvalue weighted by Gasteiger charge is -2.09. The third-order valence-corrected chi connectivity index (χ3v) is 4.01. The summed E-state index contributed by atoms with van der Waals surface area (Å²) in [6.07, 6.45) is 5.31. The Hall–Kier alpha value is -2.22. The summed E-state index contributed by atoms with van der Waals surface area (Å²) in [5.74, 6) is 2.28. The van der Waals surface area contributed by atoms with Crippen molar-refractivity contribution in [1.29, 1.82) is 0 Å². The normalized spacial score (nSPS) is 12.4. The van der Waals surface area contributed by atoms with Gasteiger partial charge < -0.3 is 9.47 Å². The molecule has 0 radical (unpaired) electrons. The number of hydrogen-bond donors (Lipinski definition) is 0. The molecule has 0 aliphatic heterocycles. The van der Waals surface area contributed by atoms with Crippen molar-refractivity contribution >= 4 is 12.2 Å². The van der Waals surface area contributed by atoms with Crippen molar-refractivity contribution in [3.05, 3.63) is 59.2 Å². The van der Waals surface area contributed by atoms with Crippen LogP contribution in [0.5, 0.6) is 11.5 Å². The fourth-order valence-electron chi connectivity index (χ4n) is 2.33. The zero-order valence-corrected chi connectivity index (χ0v) is 13.8. The molecule has 2 aromatic carbocycles. The molecule has 0 aromatic heterocycles. The maximum Gasteiger partial charge on any atom is 0.126 e. The molecule has 0 bridgehead atoms. The Morgan fingerprint density at radius 1 is 0.955 bits per heavy atom. The summed E-state index contributed by atoms with van der Waals surface area (Å²) >= 11 is 0. The summed E-state index contributed by atoms with van der Waals surface area (Å²) in [6, 6.07) is 14.5. The minimum atomic E-state index is 0.608. The molecule has 0 spiro atoms. The maximum atomic E-state index is 5.39. The number of hydrogen-bond acceptors (Lipinski definition) is 2. The largest absolute Gasteiger partial charge is 0.497 e. The third kappa shape index (κ3) is 3.91. The van der Waals surface area contributed by atoms with E-state index in [0.717, 1.165) is 23.5 Å². The molecule has 0 heterocycles. The van der Waals surface area contributed by atoms with Gasteiger partial charge in [0.2, 0.25) is 0 Å². The highest BCUT2D eigenvalue weighted by Crippen LogP contribution is 2.26. The summed E-state index contributed by atoms with van der Waals surface area (Å²) < 4.78 is 10.7. The second-order valence-corrected chi connectivity index (χ2v) is 5.42. The Morgan fingerprint density at radius 2 is 1.68 bits per heavy atom. The predicted molar refractivity (Wildman–Crippen MR) is 93.6 cm³/mol. The van der Waals surface area contributed by atoms with E-state index in [9.17, 15) is 0 Å². The quantitative estimate of drug-likeness (QED) is 0.666. The van der Waals surface area contributed by atoms with Crippen LogP contribution in [0.3, 0.4) is 0 Å². The highest BCUT2D eigenvalue weighted by atomic mass is 16.5. The molecule has 2 aromatic rings. The lowest BCUT2D eigenvalue weighted by atomic mass is 9.97. The Kier molecular flexibility index (Phi) is 5.65. The number of ether oxygens (including phenoxy) is 2. The van der Waals surface area contributed by atoms with Gasteiger partial charge in [-0.1, -0.05) is 50.3 Å². The molecule has 1 atom stereocenters. The van der Waals surface area contributed by atoms with E-state index < -0.39 is 0 Å². The van der Waals surface area contributed by atoms with Crippen LogP contribution in [0.2, 0.25) is 0 Å². The average molecular weight is 296 g/mol. The van der Waals surface area contributed by atoms with E-state index in [4.69, 9.17) is 9.47 Å². The lowest BCUT2D eigenvalue weighted by molar-refractivity contribution is 0.402. The van der Waals surface area contributed by atoms with Gasteiger partial charge in [-0.3, -0.25) is 0 Å². The fraction of sp³-hybridized carbons (Fsp3) is 0.300. The van der Waals surface area contributed by atoms with Crippen LogP contribution in [0.4, 0.5) is 0 Å². The first-order valence-electron chi connectivity index (χ1n) is 7.68. The summed E-state index contributed by atoms with van der Waals surface area (Å²) in [5, 5.41) is 0. The van der Waals surface area contributed by atoms with Crippen molar-refractivity contribution in [2.75, 3.05) is 14.2 Å². The van der Waals surface area contributed by atoms with Crippen LogP contribution in [-0.4, -0.2) is 14.2 Å². The standard InChI is InChI=1S/C20H24O2/c1-5-15(2)17-9-6-16(7-10-17)8-11-18-14-19(21-3)12-13-20(18)22-4/h6-15H,5H2,1-4H3. The summed E-state index contributed by atoms with van der Waals surface area (Å²) in [7, 11) is 3.35. The van der Waals surface area contributed by atoms with E-state index in [1.165, 1.54) is 11.1 Å². The summed E-state index contributed by atoms with van der Waals surface area (Å²) in [4.78, 5) is 0. The van der Waals surface area contributed by atoms with E-state index in [-0.39, 0.29) is 0 Å². The second-order valence-electron chi connectivity index (χ2n) is 5.42. The first kappa shape index (κ1) is 16.2. The second kappa shape index (κ2) is 7.69. The van der Waals surface area contributed by atoms with Crippen molar-refractivity contribution in [2.24, 2.45) is 0 Å². The molecule has 1 unspecified atom stereocenters. The van der Waals surface area contributed by atoms with Crippen LogP contribution in [0, 0.1) is 0 Å². The van der Waals surface area contributed by atoms with Gasteiger partial charge in [0.05, 0.1) is 14.2 Å². The molecule has 0 fully saturated rings. The van der Waals surface area contributed by atoms with Gasteiger partial charge in [-0.25, -0.2) is 0 Å². The van der Waals surface area contributed by atoms with Crippen LogP contribution >= 0.6 is 0 Å². The van der Waals surface area contributed by atoms with Gasteiger partial charge >= 0.3 is 0 Å². The minimum Gasteiger partial charge on any atom is -0.497 e. The highest BCUT2D eigenvalue weighted by molar-refractivity contribution is 5.73. The van der Waals surface area contributed by atoms with E-state index in [1.54, 1.807) is 14.2 Å². The first-order valence-corrected chi connectivity index (χ1v) is 7.68. The first-order chi connectivity index (χ1) is 10.7. The van der Waals surface area contributed by atoms with Gasteiger partial charge in [0, 0.05) is 5.56 Å². The third-order valence-electron chi connectivity index (χ3n) is 4.01. The molecular weight excluding hydrogens is 272 g/mol. The van der Waals surface area contributed by atoms with E-state index in [0.29, 0.717) is 5.92 Å². The summed E-state index contributed by atoms with van der Waals surface area (Å²) in [5.41, 5.74) is 3.57. The Balaban J connectivity index is 2.21. The molecule has 0 saturated carbocycles. The molecule has 2 nitrogen and oxygen atoms in total. The van der Waals surface area contributed by atoms with E-state index in [2.05, 4.69) is 50.3 Å². The van der Waals surface area contributed by atoms with Gasteiger partial charge in [-0.05, 0) is 41.7 Å². The van der Waals surface area contributed by atoms with Crippen molar-refractivity contribution in [2.45, 2.75) is 26.2 Å². The van der Waals surface area contributed by atoms with Gasteiger partial charge in [-0.15, -0.1) is 0 Å². The Labute approximate surface area is 133 Å². The van der Waals surface area contributed by atoms with Crippen LogP contribution in [-0.2, 0) is 0 Å². The molecule has 0 saturated heterocycles. The van der Waals surface area contributed by atoms with Crippen molar-refractivity contribution in [3.8, 4) is 11.5 Å². The number of methoxy groups -OCH3 is 2. The van der Waals surface area contributed by atoms with Crippen molar-refractivity contribution < 1.29 is 9.47 Å². The molecule has 116 valence electrons. The van der Waals surface area contributed by atoms with Gasteiger partial charge in [0.15, 0.2) is 0 Å². The monoisotopic (exact) mass is 296 g/mol. The van der Waals surface area contributed by atoms with Gasteiger partial charge in [0.25, 0.3) is 0 Å². The van der Waals surface area contributed by atoms with Crippen LogP contribution in [0.1, 0.15) is 42.9 Å². The van der Waals surface area contributed by atoms with Crippen LogP contribution in [0.25, 0.3) is 12.2 Å². The van der Waals surface area contributed by atoms with Crippen LogP contribution < -0.4 is 9.47 Å². The van der Waals surface area contributed by atoms with Gasteiger partial charge in [0.1, 0.15) is 11.5 Å². The zero-order valence-electron chi connectivity index (χ0n) is 13.8. The molecule has 0 N–H and O–H groups in total. The SMILES string of the molecule is CCC(C)c1ccc(C=Cc2cc(OC)ccc2OC)cc1. The van der Waals surface area contributed by atoms with E-state index >= 15 is 0 Å². The van der Waals surface area contributed by atoms with E-state index in [1.807, 2.05) is 18.2 Å². The molecule has 0 amide bonds. The highest BCUT2D eigenvalue weighted by Gasteiger charge is 2.03. The van der Waals surface area contributed by atoms with Crippen molar-refractivity contribution in [1.82, 2.24) is 0 Å². The number of benzene rings is 2. The molecule has 22 heavy (non-hydrogen) atoms. The molecule has 0 aliphatic carbocycles. The van der Waals surface area contributed by atoms with Crippen molar-refractivity contribution in [3.63, 3.8) is 0 Å². The average Bonchev–Trinajstić information content (AvgIpc) is 2.59. The zero-order chi connectivity index (χ0) is 15.9.